The molecule has 0 unspecified atom stereocenters. The van der Waals surface area contributed by atoms with Gasteiger partial charge in [-0.1, -0.05) is 0 Å². The number of phenols is 1. The van der Waals surface area contributed by atoms with Gasteiger partial charge in [-0.15, -0.1) is 0 Å². The van der Waals surface area contributed by atoms with Crippen molar-refractivity contribution in [2.75, 3.05) is 7.11 Å². The van der Waals surface area contributed by atoms with Crippen LogP contribution in [0.15, 0.2) is 4.47 Å². The summed E-state index contributed by atoms with van der Waals surface area (Å²) in [5.74, 6) is -0.202. The van der Waals surface area contributed by atoms with Crippen molar-refractivity contribution in [3.63, 3.8) is 0 Å². The van der Waals surface area contributed by atoms with Crippen LogP contribution in [0.5, 0.6) is 5.75 Å². The van der Waals surface area contributed by atoms with Crippen molar-refractivity contribution in [3.05, 3.63) is 26.7 Å². The number of rotatable bonds is 1. The minimum Gasteiger partial charge on any atom is -0.506 e. The molecule has 82 valence electrons. The van der Waals surface area contributed by atoms with Gasteiger partial charge in [-0.3, -0.25) is 0 Å². The zero-order chi connectivity index (χ0) is 11.7. The summed E-state index contributed by atoms with van der Waals surface area (Å²) in [6.45, 7) is 5.32. The van der Waals surface area contributed by atoms with E-state index in [2.05, 4.69) is 15.9 Å². The maximum absolute atomic E-state index is 11.5. The number of methoxy groups -OCH3 is 1. The topological polar surface area (TPSA) is 46.5 Å². The fraction of sp³-hybridized carbons (Fsp3) is 0.364. The van der Waals surface area contributed by atoms with E-state index in [4.69, 9.17) is 4.74 Å². The van der Waals surface area contributed by atoms with E-state index in [0.29, 0.717) is 21.2 Å². The Kier molecular flexibility index (Phi) is 3.39. The molecule has 0 aliphatic heterocycles. The zero-order valence-electron chi connectivity index (χ0n) is 9.14. The van der Waals surface area contributed by atoms with Gasteiger partial charge in [0, 0.05) is 0 Å². The van der Waals surface area contributed by atoms with Gasteiger partial charge in [0.15, 0.2) is 0 Å². The molecule has 0 radical (unpaired) electrons. The molecule has 0 fully saturated rings. The fourth-order valence-electron chi connectivity index (χ4n) is 1.51. The minimum absolute atomic E-state index is 0.178. The number of hydrogen-bond acceptors (Lipinski definition) is 3. The summed E-state index contributed by atoms with van der Waals surface area (Å²) in [5.41, 5.74) is 2.65. The second kappa shape index (κ2) is 4.23. The lowest BCUT2D eigenvalue weighted by Gasteiger charge is -2.14. The zero-order valence-corrected chi connectivity index (χ0v) is 10.7. The molecular formula is C11H13BrO3. The highest BCUT2D eigenvalue weighted by atomic mass is 79.9. The van der Waals surface area contributed by atoms with Crippen LogP contribution in [-0.4, -0.2) is 18.2 Å². The van der Waals surface area contributed by atoms with Crippen LogP contribution in [-0.2, 0) is 4.74 Å². The molecule has 0 saturated heterocycles. The first-order valence-corrected chi connectivity index (χ1v) is 5.27. The van der Waals surface area contributed by atoms with Gasteiger partial charge < -0.3 is 9.84 Å². The maximum Gasteiger partial charge on any atom is 0.338 e. The third-order valence-electron chi connectivity index (χ3n) is 2.59. The SMILES string of the molecule is COC(=O)c1c(C)c(C)c(O)c(Br)c1C. The van der Waals surface area contributed by atoms with Gasteiger partial charge in [0.2, 0.25) is 0 Å². The van der Waals surface area contributed by atoms with Gasteiger partial charge in [-0.25, -0.2) is 4.79 Å². The highest BCUT2D eigenvalue weighted by Crippen LogP contribution is 2.36. The van der Waals surface area contributed by atoms with Crippen molar-refractivity contribution < 1.29 is 14.6 Å². The van der Waals surface area contributed by atoms with Crippen LogP contribution in [0, 0.1) is 20.8 Å². The number of carbonyl (C=O) groups excluding carboxylic acids is 1. The molecule has 0 amide bonds. The van der Waals surface area contributed by atoms with E-state index in [0.717, 1.165) is 5.56 Å². The van der Waals surface area contributed by atoms with E-state index in [9.17, 15) is 9.90 Å². The van der Waals surface area contributed by atoms with Crippen LogP contribution in [0.25, 0.3) is 0 Å². The summed E-state index contributed by atoms with van der Waals surface area (Å²) in [6.07, 6.45) is 0. The molecule has 0 aliphatic rings. The first-order chi connectivity index (χ1) is 6.91. The van der Waals surface area contributed by atoms with Crippen LogP contribution in [0.2, 0.25) is 0 Å². The number of ether oxygens (including phenoxy) is 1. The molecule has 1 N–H and O–H groups in total. The first-order valence-electron chi connectivity index (χ1n) is 4.48. The maximum atomic E-state index is 11.5. The number of hydrogen-bond donors (Lipinski definition) is 1. The molecule has 0 aliphatic carbocycles. The number of halogens is 1. The quantitative estimate of drug-likeness (QED) is 0.800. The molecular weight excluding hydrogens is 260 g/mol. The smallest absolute Gasteiger partial charge is 0.338 e. The summed E-state index contributed by atoms with van der Waals surface area (Å²) in [7, 11) is 1.34. The summed E-state index contributed by atoms with van der Waals surface area (Å²) < 4.78 is 5.25. The van der Waals surface area contributed by atoms with E-state index in [1.807, 2.05) is 0 Å². The van der Waals surface area contributed by atoms with Crippen LogP contribution in [0.3, 0.4) is 0 Å². The summed E-state index contributed by atoms with van der Waals surface area (Å²) >= 11 is 3.25. The monoisotopic (exact) mass is 272 g/mol. The van der Waals surface area contributed by atoms with Crippen LogP contribution < -0.4 is 0 Å². The van der Waals surface area contributed by atoms with E-state index in [1.165, 1.54) is 7.11 Å². The highest BCUT2D eigenvalue weighted by molar-refractivity contribution is 9.10. The standard InChI is InChI=1S/C11H13BrO3/c1-5-6(2)10(13)9(12)7(3)8(5)11(14)15-4/h13H,1-4H3. The van der Waals surface area contributed by atoms with Crippen LogP contribution in [0.1, 0.15) is 27.0 Å². The second-order valence-corrected chi connectivity index (χ2v) is 4.20. The van der Waals surface area contributed by atoms with Crippen molar-refractivity contribution in [3.8, 4) is 5.75 Å². The van der Waals surface area contributed by atoms with Gasteiger partial charge in [-0.2, -0.15) is 0 Å². The average molecular weight is 273 g/mol. The Morgan fingerprint density at radius 2 is 1.73 bits per heavy atom. The van der Waals surface area contributed by atoms with E-state index < -0.39 is 0 Å². The second-order valence-electron chi connectivity index (χ2n) is 3.40. The number of carbonyl (C=O) groups is 1. The van der Waals surface area contributed by atoms with Crippen molar-refractivity contribution in [2.24, 2.45) is 0 Å². The van der Waals surface area contributed by atoms with Crippen molar-refractivity contribution >= 4 is 21.9 Å². The predicted octanol–water partition coefficient (Wildman–Crippen LogP) is 2.87. The number of benzene rings is 1. The Morgan fingerprint density at radius 1 is 1.20 bits per heavy atom. The number of esters is 1. The van der Waals surface area contributed by atoms with Gasteiger partial charge in [0.05, 0.1) is 17.1 Å². The fourth-order valence-corrected chi connectivity index (χ4v) is 2.00. The van der Waals surface area contributed by atoms with Crippen molar-refractivity contribution in [2.45, 2.75) is 20.8 Å². The molecule has 1 rings (SSSR count). The lowest BCUT2D eigenvalue weighted by atomic mass is 9.97. The molecule has 0 saturated carbocycles. The first kappa shape index (κ1) is 12.0. The summed E-state index contributed by atoms with van der Waals surface area (Å²) in [6, 6.07) is 0. The Bertz CT molecular complexity index is 395. The van der Waals surface area contributed by atoms with E-state index in [1.54, 1.807) is 20.8 Å². The molecule has 3 nitrogen and oxygen atoms in total. The molecule has 0 aromatic heterocycles. The number of phenolic OH excluding ortho intramolecular Hbond substituents is 1. The van der Waals surface area contributed by atoms with Gasteiger partial charge >= 0.3 is 5.97 Å². The summed E-state index contributed by atoms with van der Waals surface area (Å²) in [4.78, 5) is 11.5. The molecule has 0 spiro atoms. The van der Waals surface area contributed by atoms with E-state index >= 15 is 0 Å². The van der Waals surface area contributed by atoms with Crippen LogP contribution in [0.4, 0.5) is 0 Å². The molecule has 0 bridgehead atoms. The Hall–Kier alpha value is -1.03. The Balaban J connectivity index is 3.60. The largest absolute Gasteiger partial charge is 0.506 e. The van der Waals surface area contributed by atoms with Crippen molar-refractivity contribution in [1.82, 2.24) is 0 Å². The molecule has 0 atom stereocenters. The van der Waals surface area contributed by atoms with Gasteiger partial charge in [0.25, 0.3) is 0 Å². The molecule has 15 heavy (non-hydrogen) atoms. The minimum atomic E-state index is -0.381. The molecule has 0 heterocycles. The molecule has 1 aromatic carbocycles. The lowest BCUT2D eigenvalue weighted by Crippen LogP contribution is -2.08. The highest BCUT2D eigenvalue weighted by Gasteiger charge is 2.20. The average Bonchev–Trinajstić information content (AvgIpc) is 2.23. The molecule has 4 heteroatoms. The normalized spacial score (nSPS) is 10.2. The summed E-state index contributed by atoms with van der Waals surface area (Å²) in [5, 5.41) is 9.75. The van der Waals surface area contributed by atoms with Crippen molar-refractivity contribution in [1.29, 1.82) is 0 Å². The Morgan fingerprint density at radius 3 is 2.20 bits per heavy atom. The molecule has 1 aromatic rings. The predicted molar refractivity (Wildman–Crippen MR) is 61.4 cm³/mol. The van der Waals surface area contributed by atoms with E-state index in [-0.39, 0.29) is 11.7 Å². The van der Waals surface area contributed by atoms with Crippen LogP contribution >= 0.6 is 15.9 Å². The lowest BCUT2D eigenvalue weighted by molar-refractivity contribution is 0.0599. The number of aromatic hydroxyl groups is 1. The third kappa shape index (κ3) is 1.86. The van der Waals surface area contributed by atoms with Gasteiger partial charge in [-0.05, 0) is 53.4 Å². The Labute approximate surface area is 97.2 Å². The van der Waals surface area contributed by atoms with Gasteiger partial charge in [0.1, 0.15) is 5.75 Å². The third-order valence-corrected chi connectivity index (χ3v) is 3.56.